The topological polar surface area (TPSA) is 35.5 Å². The average molecular weight is 184 g/mol. The number of aliphatic hydroxyl groups is 1. The first-order chi connectivity index (χ1) is 6.33. The number of rotatable bonds is 2. The first-order valence-electron chi connectivity index (χ1n) is 5.47. The van der Waals surface area contributed by atoms with E-state index in [-0.39, 0.29) is 6.10 Å². The standard InChI is InChI=1S/C10H20N2O/c1-2-8-4-3-5-12(8)9-6-11-7-10(9)13/h8-11,13H,2-7H2,1H3. The first kappa shape index (κ1) is 9.44. The van der Waals surface area contributed by atoms with Crippen molar-refractivity contribution in [3.05, 3.63) is 0 Å². The van der Waals surface area contributed by atoms with E-state index in [1.54, 1.807) is 0 Å². The Morgan fingerprint density at radius 1 is 1.46 bits per heavy atom. The largest absolute Gasteiger partial charge is 0.390 e. The van der Waals surface area contributed by atoms with Crippen LogP contribution in [0.2, 0.25) is 0 Å². The summed E-state index contributed by atoms with van der Waals surface area (Å²) in [6.45, 7) is 5.18. The zero-order valence-electron chi connectivity index (χ0n) is 8.37. The zero-order chi connectivity index (χ0) is 9.26. The van der Waals surface area contributed by atoms with Gasteiger partial charge < -0.3 is 10.4 Å². The summed E-state index contributed by atoms with van der Waals surface area (Å²) in [6, 6.07) is 1.10. The molecule has 0 aromatic carbocycles. The third kappa shape index (κ3) is 1.73. The van der Waals surface area contributed by atoms with Crippen LogP contribution in [0.1, 0.15) is 26.2 Å². The van der Waals surface area contributed by atoms with Crippen LogP contribution in [0.4, 0.5) is 0 Å². The Morgan fingerprint density at radius 3 is 2.92 bits per heavy atom. The summed E-state index contributed by atoms with van der Waals surface area (Å²) in [6.07, 6.45) is 3.71. The molecule has 13 heavy (non-hydrogen) atoms. The molecular weight excluding hydrogens is 164 g/mol. The van der Waals surface area contributed by atoms with Crippen LogP contribution in [0.25, 0.3) is 0 Å². The Bertz CT molecular complexity index is 174. The first-order valence-corrected chi connectivity index (χ1v) is 5.47. The maximum atomic E-state index is 9.76. The number of hydrogen-bond donors (Lipinski definition) is 2. The molecule has 0 bridgehead atoms. The van der Waals surface area contributed by atoms with Crippen molar-refractivity contribution >= 4 is 0 Å². The minimum absolute atomic E-state index is 0.146. The predicted octanol–water partition coefficient (Wildman–Crippen LogP) is 0.193. The Kier molecular flexibility index (Phi) is 2.86. The Balaban J connectivity index is 1.98. The highest BCUT2D eigenvalue weighted by molar-refractivity contribution is 4.93. The van der Waals surface area contributed by atoms with Gasteiger partial charge in [-0.25, -0.2) is 0 Å². The van der Waals surface area contributed by atoms with Gasteiger partial charge in [-0.2, -0.15) is 0 Å². The van der Waals surface area contributed by atoms with E-state index in [2.05, 4.69) is 17.1 Å². The van der Waals surface area contributed by atoms with Crippen molar-refractivity contribution in [3.8, 4) is 0 Å². The molecule has 2 N–H and O–H groups in total. The molecule has 0 radical (unpaired) electrons. The molecule has 3 atom stereocenters. The molecule has 2 aliphatic heterocycles. The van der Waals surface area contributed by atoms with Gasteiger partial charge in [0.1, 0.15) is 0 Å². The maximum Gasteiger partial charge on any atom is 0.0831 e. The Labute approximate surface area is 80.1 Å². The van der Waals surface area contributed by atoms with Gasteiger partial charge in [-0.1, -0.05) is 6.92 Å². The second-order valence-electron chi connectivity index (χ2n) is 4.24. The lowest BCUT2D eigenvalue weighted by Crippen LogP contribution is -2.45. The molecule has 2 rings (SSSR count). The smallest absolute Gasteiger partial charge is 0.0831 e. The van der Waals surface area contributed by atoms with Crippen LogP contribution < -0.4 is 5.32 Å². The van der Waals surface area contributed by atoms with Gasteiger partial charge in [-0.15, -0.1) is 0 Å². The highest BCUT2D eigenvalue weighted by Gasteiger charge is 2.36. The molecule has 0 saturated carbocycles. The number of likely N-dealkylation sites (tertiary alicyclic amines) is 1. The van der Waals surface area contributed by atoms with E-state index in [1.807, 2.05) is 0 Å². The van der Waals surface area contributed by atoms with Crippen LogP contribution in [-0.4, -0.2) is 47.8 Å². The molecule has 0 spiro atoms. The molecule has 76 valence electrons. The third-order valence-electron chi connectivity index (χ3n) is 3.47. The fourth-order valence-corrected chi connectivity index (χ4v) is 2.72. The van der Waals surface area contributed by atoms with E-state index in [1.165, 1.54) is 25.8 Å². The molecule has 2 saturated heterocycles. The van der Waals surface area contributed by atoms with Gasteiger partial charge in [0, 0.05) is 25.2 Å². The monoisotopic (exact) mass is 184 g/mol. The van der Waals surface area contributed by atoms with Gasteiger partial charge in [-0.05, 0) is 25.8 Å². The fraction of sp³-hybridized carbons (Fsp3) is 1.00. The summed E-state index contributed by atoms with van der Waals surface area (Å²) in [4.78, 5) is 2.50. The van der Waals surface area contributed by atoms with Crippen LogP contribution in [0.3, 0.4) is 0 Å². The summed E-state index contributed by atoms with van der Waals surface area (Å²) in [7, 11) is 0. The second kappa shape index (κ2) is 3.95. The molecular formula is C10H20N2O. The van der Waals surface area contributed by atoms with Crippen molar-refractivity contribution in [1.82, 2.24) is 10.2 Å². The quantitative estimate of drug-likeness (QED) is 0.643. The van der Waals surface area contributed by atoms with Crippen LogP contribution >= 0.6 is 0 Å². The molecule has 0 aromatic rings. The van der Waals surface area contributed by atoms with Crippen molar-refractivity contribution in [3.63, 3.8) is 0 Å². The van der Waals surface area contributed by atoms with E-state index < -0.39 is 0 Å². The molecule has 0 amide bonds. The molecule has 0 aliphatic carbocycles. The highest BCUT2D eigenvalue weighted by Crippen LogP contribution is 2.24. The van der Waals surface area contributed by atoms with E-state index >= 15 is 0 Å². The molecule has 3 heteroatoms. The van der Waals surface area contributed by atoms with E-state index in [0.717, 1.165) is 19.1 Å². The van der Waals surface area contributed by atoms with Gasteiger partial charge in [-0.3, -0.25) is 4.90 Å². The third-order valence-corrected chi connectivity index (χ3v) is 3.47. The van der Waals surface area contributed by atoms with Crippen LogP contribution in [0.15, 0.2) is 0 Å². The van der Waals surface area contributed by atoms with Gasteiger partial charge in [0.2, 0.25) is 0 Å². The zero-order valence-corrected chi connectivity index (χ0v) is 8.37. The van der Waals surface area contributed by atoms with E-state index in [4.69, 9.17) is 0 Å². The molecule has 0 aromatic heterocycles. The predicted molar refractivity (Wildman–Crippen MR) is 52.7 cm³/mol. The Hall–Kier alpha value is -0.120. The number of hydrogen-bond acceptors (Lipinski definition) is 3. The average Bonchev–Trinajstić information content (AvgIpc) is 2.71. The van der Waals surface area contributed by atoms with Crippen LogP contribution in [0.5, 0.6) is 0 Å². The number of β-amino-alcohol motifs (C(OH)–C–C–N with tert-alkyl or cyclic N) is 1. The van der Waals surface area contributed by atoms with Gasteiger partial charge in [0.25, 0.3) is 0 Å². The van der Waals surface area contributed by atoms with Gasteiger partial charge in [0.05, 0.1) is 6.10 Å². The SMILES string of the molecule is CCC1CCCN1C1CNCC1O. The molecule has 3 unspecified atom stereocenters. The van der Waals surface area contributed by atoms with E-state index in [0.29, 0.717) is 6.04 Å². The van der Waals surface area contributed by atoms with Gasteiger partial charge >= 0.3 is 0 Å². The maximum absolute atomic E-state index is 9.76. The van der Waals surface area contributed by atoms with Crippen molar-refractivity contribution in [1.29, 1.82) is 0 Å². The number of nitrogens with zero attached hydrogens (tertiary/aromatic N) is 1. The lowest BCUT2D eigenvalue weighted by atomic mass is 10.1. The Morgan fingerprint density at radius 2 is 2.31 bits per heavy atom. The summed E-state index contributed by atoms with van der Waals surface area (Å²) >= 11 is 0. The minimum Gasteiger partial charge on any atom is -0.390 e. The lowest BCUT2D eigenvalue weighted by molar-refractivity contribution is 0.0740. The molecule has 2 heterocycles. The van der Waals surface area contributed by atoms with Crippen molar-refractivity contribution < 1.29 is 5.11 Å². The van der Waals surface area contributed by atoms with Crippen molar-refractivity contribution in [2.24, 2.45) is 0 Å². The van der Waals surface area contributed by atoms with Crippen molar-refractivity contribution in [2.45, 2.75) is 44.4 Å². The number of aliphatic hydroxyl groups excluding tert-OH is 1. The lowest BCUT2D eigenvalue weighted by Gasteiger charge is -2.31. The fourth-order valence-electron chi connectivity index (χ4n) is 2.72. The van der Waals surface area contributed by atoms with Crippen LogP contribution in [0, 0.1) is 0 Å². The molecule has 3 nitrogen and oxygen atoms in total. The summed E-state index contributed by atoms with van der Waals surface area (Å²) in [5, 5.41) is 13.0. The second-order valence-corrected chi connectivity index (χ2v) is 4.24. The minimum atomic E-state index is -0.146. The summed E-state index contributed by atoms with van der Waals surface area (Å²) in [5.74, 6) is 0. The molecule has 2 aliphatic rings. The summed E-state index contributed by atoms with van der Waals surface area (Å²) in [5.41, 5.74) is 0. The highest BCUT2D eigenvalue weighted by atomic mass is 16.3. The van der Waals surface area contributed by atoms with Crippen LogP contribution in [-0.2, 0) is 0 Å². The van der Waals surface area contributed by atoms with Gasteiger partial charge in [0.15, 0.2) is 0 Å². The normalized spacial score (nSPS) is 41.5. The molecule has 2 fully saturated rings. The van der Waals surface area contributed by atoms with E-state index in [9.17, 15) is 5.11 Å². The number of nitrogens with one attached hydrogen (secondary N) is 1. The summed E-state index contributed by atoms with van der Waals surface area (Å²) < 4.78 is 0. The van der Waals surface area contributed by atoms with Crippen molar-refractivity contribution in [2.75, 3.05) is 19.6 Å².